The van der Waals surface area contributed by atoms with Gasteiger partial charge in [0, 0.05) is 15.5 Å². The van der Waals surface area contributed by atoms with Crippen molar-refractivity contribution in [3.05, 3.63) is 97.0 Å². The van der Waals surface area contributed by atoms with E-state index in [0.717, 1.165) is 9.44 Å². The molecule has 4 aromatic rings. The molecule has 0 spiro atoms. The first-order chi connectivity index (χ1) is 13.5. The minimum atomic E-state index is -0.534. The van der Waals surface area contributed by atoms with Crippen LogP contribution in [0.5, 0.6) is 0 Å². The number of halogens is 1. The van der Waals surface area contributed by atoms with E-state index in [-0.39, 0.29) is 17.9 Å². The van der Waals surface area contributed by atoms with Gasteiger partial charge in [-0.3, -0.25) is 14.2 Å². The number of nitrogens with zero attached hydrogens (tertiary/aromatic N) is 2. The molecule has 5 nitrogen and oxygen atoms in total. The van der Waals surface area contributed by atoms with Gasteiger partial charge in [0.05, 0.1) is 17.6 Å². The summed E-state index contributed by atoms with van der Waals surface area (Å²) in [6.07, 6.45) is 0. The Bertz CT molecular complexity index is 1300. The van der Waals surface area contributed by atoms with E-state index >= 15 is 0 Å². The first-order valence-corrected chi connectivity index (χ1v) is 9.75. The van der Waals surface area contributed by atoms with E-state index in [2.05, 4.69) is 0 Å². The van der Waals surface area contributed by atoms with Gasteiger partial charge in [-0.05, 0) is 49.4 Å². The summed E-state index contributed by atoms with van der Waals surface area (Å²) in [6.45, 7) is 1.71. The van der Waals surface area contributed by atoms with Crippen LogP contribution in [0.1, 0.15) is 15.2 Å². The molecule has 2 aromatic heterocycles. The number of ketones is 1. The van der Waals surface area contributed by atoms with Crippen LogP contribution < -0.4 is 11.2 Å². The first-order valence-electron chi connectivity index (χ1n) is 8.56. The van der Waals surface area contributed by atoms with Gasteiger partial charge < -0.3 is 0 Å². The molecule has 7 heteroatoms. The molecule has 0 aliphatic carbocycles. The number of carbonyl (C=O) groups is 1. The molecule has 0 bridgehead atoms. The molecule has 4 rings (SSSR count). The number of thiophene rings is 1. The molecule has 0 fully saturated rings. The predicted octanol–water partition coefficient (Wildman–Crippen LogP) is 4.06. The molecule has 0 aliphatic heterocycles. The average Bonchev–Trinajstić information content (AvgIpc) is 3.08. The van der Waals surface area contributed by atoms with E-state index < -0.39 is 5.69 Å². The van der Waals surface area contributed by atoms with Gasteiger partial charge in [-0.1, -0.05) is 29.8 Å². The number of hydrogen-bond acceptors (Lipinski definition) is 4. The maximum atomic E-state index is 13.2. The Hall–Kier alpha value is -2.96. The number of aryl methyl sites for hydroxylation is 1. The Labute approximate surface area is 169 Å². The summed E-state index contributed by atoms with van der Waals surface area (Å²) < 4.78 is 2.49. The van der Waals surface area contributed by atoms with Crippen molar-refractivity contribution in [2.45, 2.75) is 13.5 Å². The molecule has 2 heterocycles. The van der Waals surface area contributed by atoms with Gasteiger partial charge in [0.1, 0.15) is 4.83 Å². The second-order valence-electron chi connectivity index (χ2n) is 6.35. The van der Waals surface area contributed by atoms with Gasteiger partial charge in [-0.15, -0.1) is 11.3 Å². The maximum absolute atomic E-state index is 13.2. The van der Waals surface area contributed by atoms with E-state index in [4.69, 9.17) is 11.6 Å². The minimum absolute atomic E-state index is 0.163. The molecular formula is C21H15ClN2O3S. The number of aromatic nitrogens is 2. The van der Waals surface area contributed by atoms with Crippen molar-refractivity contribution in [1.82, 2.24) is 9.13 Å². The van der Waals surface area contributed by atoms with E-state index in [9.17, 15) is 14.4 Å². The fraction of sp³-hybridized carbons (Fsp3) is 0.0952. The van der Waals surface area contributed by atoms with Crippen LogP contribution in [-0.2, 0) is 6.54 Å². The molecular weight excluding hydrogens is 396 g/mol. The Kier molecular flexibility index (Phi) is 4.75. The van der Waals surface area contributed by atoms with Crippen LogP contribution in [0.15, 0.2) is 70.3 Å². The molecule has 140 valence electrons. The highest BCUT2D eigenvalue weighted by Crippen LogP contribution is 2.22. The fourth-order valence-electron chi connectivity index (χ4n) is 3.09. The maximum Gasteiger partial charge on any atom is 0.337 e. The zero-order valence-corrected chi connectivity index (χ0v) is 16.5. The molecule has 0 radical (unpaired) electrons. The van der Waals surface area contributed by atoms with E-state index in [1.54, 1.807) is 54.6 Å². The van der Waals surface area contributed by atoms with Gasteiger partial charge in [-0.25, -0.2) is 9.36 Å². The monoisotopic (exact) mass is 410 g/mol. The Balaban J connectivity index is 1.92. The summed E-state index contributed by atoms with van der Waals surface area (Å²) in [4.78, 5) is 40.3. The Morgan fingerprint density at radius 3 is 2.39 bits per heavy atom. The van der Waals surface area contributed by atoms with Crippen molar-refractivity contribution >= 4 is 38.9 Å². The van der Waals surface area contributed by atoms with E-state index in [0.29, 0.717) is 26.5 Å². The summed E-state index contributed by atoms with van der Waals surface area (Å²) in [6, 6.07) is 17.0. The van der Waals surface area contributed by atoms with Crippen molar-refractivity contribution in [3.63, 3.8) is 0 Å². The van der Waals surface area contributed by atoms with Crippen molar-refractivity contribution in [3.8, 4) is 5.69 Å². The second-order valence-corrected chi connectivity index (χ2v) is 8.02. The van der Waals surface area contributed by atoms with Crippen molar-refractivity contribution in [2.75, 3.05) is 0 Å². The van der Waals surface area contributed by atoms with Crippen LogP contribution in [0.2, 0.25) is 5.02 Å². The lowest BCUT2D eigenvalue weighted by molar-refractivity contribution is 0.0972. The lowest BCUT2D eigenvalue weighted by Gasteiger charge is -2.11. The summed E-state index contributed by atoms with van der Waals surface area (Å²) >= 11 is 7.21. The summed E-state index contributed by atoms with van der Waals surface area (Å²) in [5.74, 6) is -0.232. The number of Topliss-reactive ketones (excluding diaryl/α,β-unsaturated/α-hetero) is 1. The van der Waals surface area contributed by atoms with E-state index in [1.807, 2.05) is 13.0 Å². The third-order valence-corrected chi connectivity index (χ3v) is 5.74. The van der Waals surface area contributed by atoms with Gasteiger partial charge in [0.2, 0.25) is 0 Å². The third-order valence-electron chi connectivity index (χ3n) is 4.42. The smallest absolute Gasteiger partial charge is 0.292 e. The number of benzene rings is 2. The number of fused-ring (bicyclic) bond motifs is 1. The standard InChI is InChI=1S/C21H15ClN2O3S/c1-13-11-17-19(26)24(16-5-3-2-4-6-16)21(27)23(20(17)28-13)12-18(25)14-7-9-15(22)10-8-14/h2-11H,12H2,1H3. The van der Waals surface area contributed by atoms with Gasteiger partial charge in [0.15, 0.2) is 5.78 Å². The molecule has 0 atom stereocenters. The van der Waals surface area contributed by atoms with Crippen LogP contribution in [0, 0.1) is 6.92 Å². The van der Waals surface area contributed by atoms with Crippen LogP contribution >= 0.6 is 22.9 Å². The Morgan fingerprint density at radius 1 is 1.04 bits per heavy atom. The zero-order valence-electron chi connectivity index (χ0n) is 14.9. The predicted molar refractivity (Wildman–Crippen MR) is 112 cm³/mol. The van der Waals surface area contributed by atoms with Gasteiger partial charge in [0.25, 0.3) is 5.56 Å². The minimum Gasteiger partial charge on any atom is -0.292 e. The topological polar surface area (TPSA) is 61.1 Å². The van der Waals surface area contributed by atoms with Crippen molar-refractivity contribution < 1.29 is 4.79 Å². The molecule has 0 unspecified atom stereocenters. The van der Waals surface area contributed by atoms with E-state index in [1.165, 1.54) is 15.9 Å². The van der Waals surface area contributed by atoms with Gasteiger partial charge in [-0.2, -0.15) is 0 Å². The summed E-state index contributed by atoms with van der Waals surface area (Å²) in [5.41, 5.74) is 0.00439. The highest BCUT2D eigenvalue weighted by atomic mass is 35.5. The lowest BCUT2D eigenvalue weighted by atomic mass is 10.1. The quantitative estimate of drug-likeness (QED) is 0.477. The molecule has 2 aromatic carbocycles. The SMILES string of the molecule is Cc1cc2c(=O)n(-c3ccccc3)c(=O)n(CC(=O)c3ccc(Cl)cc3)c2s1. The highest BCUT2D eigenvalue weighted by molar-refractivity contribution is 7.18. The van der Waals surface area contributed by atoms with Gasteiger partial charge >= 0.3 is 5.69 Å². The highest BCUT2D eigenvalue weighted by Gasteiger charge is 2.19. The lowest BCUT2D eigenvalue weighted by Crippen LogP contribution is -2.39. The van der Waals surface area contributed by atoms with Crippen LogP contribution in [-0.4, -0.2) is 14.9 Å². The number of rotatable bonds is 4. The first kappa shape index (κ1) is 18.4. The zero-order chi connectivity index (χ0) is 19.8. The number of para-hydroxylation sites is 1. The average molecular weight is 411 g/mol. The largest absolute Gasteiger partial charge is 0.337 e. The Morgan fingerprint density at radius 2 is 1.71 bits per heavy atom. The third kappa shape index (κ3) is 3.21. The molecule has 28 heavy (non-hydrogen) atoms. The molecule has 0 aliphatic rings. The van der Waals surface area contributed by atoms with Crippen molar-refractivity contribution in [2.24, 2.45) is 0 Å². The van der Waals surface area contributed by atoms with Crippen molar-refractivity contribution in [1.29, 1.82) is 0 Å². The summed E-state index contributed by atoms with van der Waals surface area (Å²) in [7, 11) is 0. The van der Waals surface area contributed by atoms with Crippen LogP contribution in [0.3, 0.4) is 0 Å². The number of carbonyl (C=O) groups excluding carboxylic acids is 1. The molecule has 0 N–H and O–H groups in total. The fourth-order valence-corrected chi connectivity index (χ4v) is 4.20. The second kappa shape index (κ2) is 7.22. The van der Waals surface area contributed by atoms with Crippen LogP contribution in [0.25, 0.3) is 15.9 Å². The molecule has 0 saturated heterocycles. The number of hydrogen-bond donors (Lipinski definition) is 0. The molecule has 0 amide bonds. The molecule has 0 saturated carbocycles. The normalized spacial score (nSPS) is 11.1. The summed E-state index contributed by atoms with van der Waals surface area (Å²) in [5, 5.41) is 0.956. The van der Waals surface area contributed by atoms with Crippen LogP contribution in [0.4, 0.5) is 0 Å².